The van der Waals surface area contributed by atoms with Crippen LogP contribution in [0.25, 0.3) is 15.9 Å². The third-order valence-corrected chi connectivity index (χ3v) is 6.96. The molecule has 0 aliphatic heterocycles. The van der Waals surface area contributed by atoms with Crippen molar-refractivity contribution in [3.05, 3.63) is 75.0 Å². The number of amides is 1. The van der Waals surface area contributed by atoms with E-state index in [9.17, 15) is 15.3 Å². The van der Waals surface area contributed by atoms with Crippen molar-refractivity contribution in [3.8, 4) is 17.1 Å². The molecule has 7 nitrogen and oxygen atoms in total. The summed E-state index contributed by atoms with van der Waals surface area (Å²) in [5.74, 6) is -0.290. The highest BCUT2D eigenvalue weighted by molar-refractivity contribution is 7.14. The molecule has 3 heterocycles. The Labute approximate surface area is 195 Å². The molecule has 0 unspecified atom stereocenters. The molecular formula is C25H22N6OS. The fraction of sp³-hybridized carbons (Fsp3) is 0.200. The van der Waals surface area contributed by atoms with E-state index in [1.165, 1.54) is 0 Å². The molecule has 0 aliphatic rings. The monoisotopic (exact) mass is 454 g/mol. The zero-order valence-electron chi connectivity index (χ0n) is 18.8. The highest BCUT2D eigenvalue weighted by atomic mass is 32.1. The van der Waals surface area contributed by atoms with Gasteiger partial charge in [0.2, 0.25) is 0 Å². The van der Waals surface area contributed by atoms with Crippen molar-refractivity contribution < 1.29 is 4.79 Å². The predicted octanol–water partition coefficient (Wildman–Crippen LogP) is 4.62. The first-order valence-electron chi connectivity index (χ1n) is 10.3. The molecule has 164 valence electrons. The lowest BCUT2D eigenvalue weighted by molar-refractivity contribution is -0.121. The van der Waals surface area contributed by atoms with Gasteiger partial charge in [0.15, 0.2) is 0 Å². The van der Waals surface area contributed by atoms with E-state index in [0.29, 0.717) is 11.1 Å². The highest BCUT2D eigenvalue weighted by Gasteiger charge is 2.18. The molecule has 0 atom stereocenters. The van der Waals surface area contributed by atoms with Gasteiger partial charge in [0.1, 0.15) is 23.7 Å². The Morgan fingerprint density at radius 1 is 1.18 bits per heavy atom. The molecule has 0 saturated heterocycles. The summed E-state index contributed by atoms with van der Waals surface area (Å²) < 4.78 is 3.80. The lowest BCUT2D eigenvalue weighted by Crippen LogP contribution is -2.22. The molecule has 1 amide bonds. The summed E-state index contributed by atoms with van der Waals surface area (Å²) in [6.07, 6.45) is 3.30. The number of nitriles is 2. The van der Waals surface area contributed by atoms with Crippen LogP contribution in [0.2, 0.25) is 0 Å². The summed E-state index contributed by atoms with van der Waals surface area (Å²) in [6, 6.07) is 14.0. The molecule has 1 N–H and O–H groups in total. The maximum atomic E-state index is 12.5. The van der Waals surface area contributed by atoms with Crippen LogP contribution in [0.4, 0.5) is 0 Å². The SMILES string of the molecule is Cc1sc(-n2c(C)cc(/C=N\NC(=O)Cn3cc(C#N)c4ccccc43)c2C)c(C#N)c1C. The predicted molar refractivity (Wildman–Crippen MR) is 130 cm³/mol. The van der Waals surface area contributed by atoms with E-state index in [0.717, 1.165) is 43.3 Å². The standard InChI is InChI=1S/C25H22N6OS/c1-15-9-19(17(3)31(15)25-22(11-27)16(2)18(4)33-25)12-28-29-24(32)14-30-13-20(10-26)21-7-5-6-8-23(21)30/h5-9,12-13H,14H2,1-4H3,(H,29,32)/b28-12-. The molecule has 0 fully saturated rings. The van der Waals surface area contributed by atoms with Gasteiger partial charge in [0.05, 0.1) is 17.3 Å². The summed E-state index contributed by atoms with van der Waals surface area (Å²) in [7, 11) is 0. The fourth-order valence-electron chi connectivity index (χ4n) is 3.96. The van der Waals surface area contributed by atoms with Gasteiger partial charge in [-0.3, -0.25) is 4.79 Å². The first-order valence-corrected chi connectivity index (χ1v) is 11.2. The van der Waals surface area contributed by atoms with Crippen molar-refractivity contribution in [2.24, 2.45) is 5.10 Å². The zero-order chi connectivity index (χ0) is 23.7. The molecule has 1 aromatic carbocycles. The number of aromatic nitrogens is 2. The Balaban J connectivity index is 1.53. The van der Waals surface area contributed by atoms with Crippen molar-refractivity contribution in [2.75, 3.05) is 0 Å². The Bertz CT molecular complexity index is 1500. The van der Waals surface area contributed by atoms with Crippen LogP contribution in [0.15, 0.2) is 41.6 Å². The number of rotatable bonds is 5. The van der Waals surface area contributed by atoms with Crippen LogP contribution in [0.5, 0.6) is 0 Å². The number of nitrogens with zero attached hydrogens (tertiary/aromatic N) is 5. The normalized spacial score (nSPS) is 11.1. The average Bonchev–Trinajstić information content (AvgIpc) is 3.39. The largest absolute Gasteiger partial charge is 0.337 e. The topological polar surface area (TPSA) is 98.9 Å². The van der Waals surface area contributed by atoms with Crippen molar-refractivity contribution in [1.82, 2.24) is 14.6 Å². The fourth-order valence-corrected chi connectivity index (χ4v) is 5.18. The van der Waals surface area contributed by atoms with Gasteiger partial charge in [-0.05, 0) is 45.4 Å². The first-order chi connectivity index (χ1) is 15.8. The van der Waals surface area contributed by atoms with Crippen LogP contribution in [0.3, 0.4) is 0 Å². The molecule has 0 spiro atoms. The summed E-state index contributed by atoms with van der Waals surface area (Å²) in [5.41, 5.74) is 8.41. The van der Waals surface area contributed by atoms with Crippen molar-refractivity contribution in [1.29, 1.82) is 10.5 Å². The summed E-state index contributed by atoms with van der Waals surface area (Å²) in [4.78, 5) is 13.6. The van der Waals surface area contributed by atoms with Crippen LogP contribution < -0.4 is 5.43 Å². The minimum Gasteiger partial charge on any atom is -0.337 e. The van der Waals surface area contributed by atoms with Gasteiger partial charge in [-0.2, -0.15) is 15.6 Å². The second kappa shape index (κ2) is 8.78. The molecule has 0 radical (unpaired) electrons. The number of hydrogen-bond donors (Lipinski definition) is 1. The number of hydrogen-bond acceptors (Lipinski definition) is 5. The summed E-state index contributed by atoms with van der Waals surface area (Å²) in [6.45, 7) is 7.99. The quantitative estimate of drug-likeness (QED) is 0.352. The summed E-state index contributed by atoms with van der Waals surface area (Å²) in [5, 5.41) is 24.8. The Hall–Kier alpha value is -4.14. The summed E-state index contributed by atoms with van der Waals surface area (Å²) >= 11 is 1.60. The van der Waals surface area contributed by atoms with E-state index < -0.39 is 0 Å². The van der Waals surface area contributed by atoms with Crippen molar-refractivity contribution in [2.45, 2.75) is 34.2 Å². The molecule has 8 heteroatoms. The van der Waals surface area contributed by atoms with E-state index >= 15 is 0 Å². The Morgan fingerprint density at radius 3 is 2.67 bits per heavy atom. The molecule has 0 bridgehead atoms. The maximum Gasteiger partial charge on any atom is 0.259 e. The minimum absolute atomic E-state index is 0.0534. The van der Waals surface area contributed by atoms with E-state index in [1.54, 1.807) is 28.3 Å². The van der Waals surface area contributed by atoms with E-state index in [-0.39, 0.29) is 12.5 Å². The van der Waals surface area contributed by atoms with E-state index in [1.807, 2.05) is 58.0 Å². The second-order valence-corrected chi connectivity index (χ2v) is 9.03. The molecule has 4 aromatic rings. The number of hydrazone groups is 1. The van der Waals surface area contributed by atoms with Gasteiger partial charge in [0, 0.05) is 38.9 Å². The lowest BCUT2D eigenvalue weighted by atomic mass is 10.2. The van der Waals surface area contributed by atoms with E-state index in [4.69, 9.17) is 0 Å². The first kappa shape index (κ1) is 22.1. The molecular weight excluding hydrogens is 432 g/mol. The van der Waals surface area contributed by atoms with Crippen molar-refractivity contribution in [3.63, 3.8) is 0 Å². The number of nitrogens with one attached hydrogen (secondary N) is 1. The number of para-hydroxylation sites is 1. The molecule has 0 saturated carbocycles. The third-order valence-electron chi connectivity index (χ3n) is 5.77. The molecule has 0 aliphatic carbocycles. The molecule has 4 rings (SSSR count). The Kier molecular flexibility index (Phi) is 5.87. The van der Waals surface area contributed by atoms with Gasteiger partial charge in [0.25, 0.3) is 5.91 Å². The number of fused-ring (bicyclic) bond motifs is 1. The number of carbonyl (C=O) groups excluding carboxylic acids is 1. The van der Waals surface area contributed by atoms with Crippen LogP contribution in [0.1, 0.15) is 38.5 Å². The highest BCUT2D eigenvalue weighted by Crippen LogP contribution is 2.33. The lowest BCUT2D eigenvalue weighted by Gasteiger charge is -2.07. The van der Waals surface area contributed by atoms with Gasteiger partial charge >= 0.3 is 0 Å². The smallest absolute Gasteiger partial charge is 0.259 e. The number of benzene rings is 1. The number of carbonyl (C=O) groups is 1. The Morgan fingerprint density at radius 2 is 1.94 bits per heavy atom. The van der Waals surface area contributed by atoms with E-state index in [2.05, 4.69) is 27.2 Å². The van der Waals surface area contributed by atoms with Gasteiger partial charge in [-0.15, -0.1) is 11.3 Å². The maximum absolute atomic E-state index is 12.5. The minimum atomic E-state index is -0.290. The van der Waals surface area contributed by atoms with Crippen LogP contribution in [-0.4, -0.2) is 21.3 Å². The van der Waals surface area contributed by atoms with Gasteiger partial charge in [-0.25, -0.2) is 5.43 Å². The van der Waals surface area contributed by atoms with Crippen LogP contribution in [-0.2, 0) is 11.3 Å². The number of aryl methyl sites for hydroxylation is 2. The third kappa shape index (κ3) is 3.93. The zero-order valence-corrected chi connectivity index (χ0v) is 19.6. The average molecular weight is 455 g/mol. The van der Waals surface area contributed by atoms with Gasteiger partial charge < -0.3 is 9.13 Å². The second-order valence-electron chi connectivity index (χ2n) is 7.83. The van der Waals surface area contributed by atoms with Crippen molar-refractivity contribution >= 4 is 34.4 Å². The number of thiophene rings is 1. The molecule has 3 aromatic heterocycles. The van der Waals surface area contributed by atoms with Crippen LogP contribution in [0, 0.1) is 50.4 Å². The van der Waals surface area contributed by atoms with Crippen LogP contribution >= 0.6 is 11.3 Å². The van der Waals surface area contributed by atoms with Gasteiger partial charge in [-0.1, -0.05) is 18.2 Å². The molecule has 33 heavy (non-hydrogen) atoms.